The number of halogens is 4. The molecule has 1 aromatic carbocycles. The van der Waals surface area contributed by atoms with Crippen molar-refractivity contribution in [2.75, 3.05) is 23.8 Å². The largest absolute Gasteiger partial charge is 0.481 e. The van der Waals surface area contributed by atoms with Crippen molar-refractivity contribution in [1.82, 2.24) is 19.5 Å². The molecular weight excluding hydrogens is 513 g/mol. The van der Waals surface area contributed by atoms with E-state index >= 15 is 0 Å². The van der Waals surface area contributed by atoms with E-state index in [0.717, 1.165) is 6.07 Å². The first-order chi connectivity index (χ1) is 17.6. The summed E-state index contributed by atoms with van der Waals surface area (Å²) in [5.41, 5.74) is -0.208. The summed E-state index contributed by atoms with van der Waals surface area (Å²) in [7, 11) is 0. The van der Waals surface area contributed by atoms with Crippen LogP contribution in [-0.2, 0) is 9.53 Å². The summed E-state index contributed by atoms with van der Waals surface area (Å²) in [6.07, 6.45) is 2.55. The minimum atomic E-state index is -1.22. The number of aliphatic carboxylic acids is 1. The first-order valence-electron chi connectivity index (χ1n) is 12.0. The Balaban J connectivity index is 1.54. The Hall–Kier alpha value is -3.12. The van der Waals surface area contributed by atoms with Crippen molar-refractivity contribution in [3.63, 3.8) is 0 Å². The van der Waals surface area contributed by atoms with Gasteiger partial charge in [0, 0.05) is 18.7 Å². The van der Waals surface area contributed by atoms with Gasteiger partial charge in [-0.2, -0.15) is 4.98 Å². The Morgan fingerprint density at radius 2 is 2.00 bits per heavy atom. The lowest BCUT2D eigenvalue weighted by Crippen LogP contribution is -2.39. The Morgan fingerprint density at radius 3 is 2.68 bits per heavy atom. The molecule has 3 heterocycles. The molecule has 5 rings (SSSR count). The normalized spacial score (nSPS) is 26.2. The van der Waals surface area contributed by atoms with Crippen LogP contribution in [0.1, 0.15) is 45.1 Å². The molecule has 0 bridgehead atoms. The molecule has 0 spiro atoms. The summed E-state index contributed by atoms with van der Waals surface area (Å²) in [6.45, 7) is 2.12. The van der Waals surface area contributed by atoms with Crippen molar-refractivity contribution in [2.24, 2.45) is 5.41 Å². The van der Waals surface area contributed by atoms with E-state index < -0.39 is 35.2 Å². The first-order valence-corrected chi connectivity index (χ1v) is 12.4. The Bertz CT molecular complexity index is 1310. The maximum Gasteiger partial charge on any atom is 0.309 e. The van der Waals surface area contributed by atoms with Crippen molar-refractivity contribution in [3.8, 4) is 0 Å². The monoisotopic (exact) mass is 538 g/mol. The molecule has 37 heavy (non-hydrogen) atoms. The summed E-state index contributed by atoms with van der Waals surface area (Å²) >= 11 is 6.11. The molecule has 0 amide bonds. The zero-order valence-electron chi connectivity index (χ0n) is 20.0. The zero-order chi connectivity index (χ0) is 26.3. The van der Waals surface area contributed by atoms with Crippen LogP contribution >= 0.6 is 11.6 Å². The van der Waals surface area contributed by atoms with E-state index in [1.807, 2.05) is 0 Å². The van der Waals surface area contributed by atoms with E-state index in [1.54, 1.807) is 11.5 Å². The van der Waals surface area contributed by atoms with E-state index in [4.69, 9.17) is 16.3 Å². The molecular formula is C24H26ClF3N6O3. The van der Waals surface area contributed by atoms with Gasteiger partial charge in [0.05, 0.1) is 35.0 Å². The number of nitrogens with zero attached hydrogens (tertiary/aromatic N) is 4. The number of fused-ring (bicyclic) bond motifs is 1. The fourth-order valence-electron chi connectivity index (χ4n) is 4.91. The lowest BCUT2D eigenvalue weighted by Gasteiger charge is -2.35. The van der Waals surface area contributed by atoms with Gasteiger partial charge in [-0.1, -0.05) is 11.6 Å². The molecule has 2 aliphatic rings. The summed E-state index contributed by atoms with van der Waals surface area (Å²) in [6, 6.07) is 0.964. The number of carbonyl (C=O) groups is 1. The van der Waals surface area contributed by atoms with Gasteiger partial charge in [-0.3, -0.25) is 9.36 Å². The smallest absolute Gasteiger partial charge is 0.309 e. The molecule has 1 aliphatic heterocycles. The maximum absolute atomic E-state index is 14.6. The van der Waals surface area contributed by atoms with E-state index in [0.29, 0.717) is 55.9 Å². The van der Waals surface area contributed by atoms with Gasteiger partial charge in [0.15, 0.2) is 11.5 Å². The minimum Gasteiger partial charge on any atom is -0.481 e. The number of imidazole rings is 1. The highest BCUT2D eigenvalue weighted by atomic mass is 35.5. The summed E-state index contributed by atoms with van der Waals surface area (Å²) in [5, 5.41) is 15.4. The predicted molar refractivity (Wildman–Crippen MR) is 131 cm³/mol. The van der Waals surface area contributed by atoms with E-state index in [9.17, 15) is 23.1 Å². The van der Waals surface area contributed by atoms with Crippen LogP contribution in [0, 0.1) is 17.0 Å². The number of nitrogens with one attached hydrogen (secondary N) is 2. The van der Waals surface area contributed by atoms with Gasteiger partial charge >= 0.3 is 5.97 Å². The van der Waals surface area contributed by atoms with Crippen molar-refractivity contribution >= 4 is 46.3 Å². The van der Waals surface area contributed by atoms with Crippen LogP contribution < -0.4 is 10.6 Å². The second kappa shape index (κ2) is 9.97. The van der Waals surface area contributed by atoms with Crippen LogP contribution in [-0.4, -0.2) is 56.0 Å². The standard InChI is InChI=1S/C24H26ClF3N6O3/c1-24(21(35)36)5-2-13(3-6-24)34-20-18(10-29-22(33-20)30-17-4-7-37-11-16(17)28)31-23(34)32-19-14(25)8-12(26)9-15(19)27/h8-10,13,16-17H,2-7,11H2,1H3,(H,31,32)(H,35,36)(H,29,30,33)/t13-,16-,17+,24-/m1/s1. The maximum atomic E-state index is 14.6. The molecule has 3 N–H and O–H groups in total. The number of carboxylic acid groups (broad SMARTS) is 1. The molecule has 2 fully saturated rings. The van der Waals surface area contributed by atoms with Crippen molar-refractivity contribution in [3.05, 3.63) is 35.0 Å². The van der Waals surface area contributed by atoms with Crippen LogP contribution in [0.2, 0.25) is 5.02 Å². The molecule has 198 valence electrons. The van der Waals surface area contributed by atoms with Crippen LogP contribution in [0.25, 0.3) is 11.2 Å². The second-order valence-electron chi connectivity index (χ2n) is 9.80. The Kier molecular flexibility index (Phi) is 6.88. The van der Waals surface area contributed by atoms with Crippen molar-refractivity contribution in [1.29, 1.82) is 0 Å². The summed E-state index contributed by atoms with van der Waals surface area (Å²) in [5.74, 6) is -2.17. The molecule has 2 aromatic heterocycles. The highest BCUT2D eigenvalue weighted by Gasteiger charge is 2.39. The van der Waals surface area contributed by atoms with Gasteiger partial charge in [-0.05, 0) is 45.1 Å². The van der Waals surface area contributed by atoms with Crippen LogP contribution in [0.4, 0.5) is 30.8 Å². The van der Waals surface area contributed by atoms with Gasteiger partial charge < -0.3 is 20.5 Å². The molecule has 1 saturated carbocycles. The topological polar surface area (TPSA) is 114 Å². The molecule has 1 aliphatic carbocycles. The predicted octanol–water partition coefficient (Wildman–Crippen LogP) is 5.25. The SMILES string of the molecule is C[C@]1(C(=O)O)CC[C@H](n2c(Nc3c(F)cc(F)cc3Cl)nc3cnc(N[C@H]4CCOC[C@H]4F)nc32)CC1. The lowest BCUT2D eigenvalue weighted by molar-refractivity contribution is -0.150. The average molecular weight is 539 g/mol. The lowest BCUT2D eigenvalue weighted by atomic mass is 9.74. The van der Waals surface area contributed by atoms with Crippen molar-refractivity contribution < 1.29 is 27.8 Å². The summed E-state index contributed by atoms with van der Waals surface area (Å²) in [4.78, 5) is 25.2. The van der Waals surface area contributed by atoms with Gasteiger partial charge in [-0.15, -0.1) is 0 Å². The molecule has 0 radical (unpaired) electrons. The van der Waals surface area contributed by atoms with Crippen LogP contribution in [0.5, 0.6) is 0 Å². The fourth-order valence-corrected chi connectivity index (χ4v) is 5.15. The summed E-state index contributed by atoms with van der Waals surface area (Å²) < 4.78 is 49.4. The van der Waals surface area contributed by atoms with Gasteiger partial charge in [0.2, 0.25) is 11.9 Å². The third kappa shape index (κ3) is 5.04. The molecule has 13 heteroatoms. The number of anilines is 3. The van der Waals surface area contributed by atoms with E-state index in [1.165, 1.54) is 6.20 Å². The number of carboxylic acids is 1. The van der Waals surface area contributed by atoms with Gasteiger partial charge in [0.25, 0.3) is 0 Å². The number of rotatable bonds is 6. The van der Waals surface area contributed by atoms with Crippen molar-refractivity contribution in [2.45, 2.75) is 57.3 Å². The first kappa shape index (κ1) is 25.5. The number of benzene rings is 1. The highest BCUT2D eigenvalue weighted by molar-refractivity contribution is 6.33. The fraction of sp³-hybridized carbons (Fsp3) is 0.500. The number of aromatic nitrogens is 4. The van der Waals surface area contributed by atoms with Gasteiger partial charge in [-0.25, -0.2) is 23.1 Å². The van der Waals surface area contributed by atoms with E-state index in [2.05, 4.69) is 25.6 Å². The number of hydrogen-bond acceptors (Lipinski definition) is 7. The number of hydrogen-bond donors (Lipinski definition) is 3. The zero-order valence-corrected chi connectivity index (χ0v) is 20.7. The molecule has 2 atom stereocenters. The molecule has 1 saturated heterocycles. The Morgan fingerprint density at radius 1 is 1.24 bits per heavy atom. The second-order valence-corrected chi connectivity index (χ2v) is 10.2. The molecule has 3 aromatic rings. The highest BCUT2D eigenvalue weighted by Crippen LogP contribution is 2.43. The third-order valence-corrected chi connectivity index (χ3v) is 7.52. The van der Waals surface area contributed by atoms with E-state index in [-0.39, 0.29) is 35.3 Å². The van der Waals surface area contributed by atoms with Crippen LogP contribution in [0.15, 0.2) is 18.3 Å². The van der Waals surface area contributed by atoms with Crippen LogP contribution in [0.3, 0.4) is 0 Å². The quantitative estimate of drug-likeness (QED) is 0.390. The average Bonchev–Trinajstić information content (AvgIpc) is 3.20. The van der Waals surface area contributed by atoms with Gasteiger partial charge in [0.1, 0.15) is 17.5 Å². The molecule has 0 unspecified atom stereocenters. The molecule has 9 nitrogen and oxygen atoms in total. The number of ether oxygens (including phenoxy) is 1. The Labute approximate surface area is 215 Å². The third-order valence-electron chi connectivity index (χ3n) is 7.22. The number of alkyl halides is 1. The minimum absolute atomic E-state index is 0.0136.